The van der Waals surface area contributed by atoms with E-state index in [1.54, 1.807) is 0 Å². The van der Waals surface area contributed by atoms with Gasteiger partial charge in [0.15, 0.2) is 17.7 Å². The van der Waals surface area contributed by atoms with Crippen molar-refractivity contribution < 1.29 is 9.47 Å². The van der Waals surface area contributed by atoms with Gasteiger partial charge < -0.3 is 14.4 Å². The number of hydrogen-bond acceptors (Lipinski definition) is 5. The summed E-state index contributed by atoms with van der Waals surface area (Å²) in [7, 11) is 0. The fourth-order valence-corrected chi connectivity index (χ4v) is 4.70. The van der Waals surface area contributed by atoms with E-state index in [1.807, 2.05) is 24.4 Å². The second-order valence-corrected chi connectivity index (χ2v) is 9.42. The fourth-order valence-electron chi connectivity index (χ4n) is 4.22. The average Bonchev–Trinajstić information content (AvgIpc) is 3.02. The summed E-state index contributed by atoms with van der Waals surface area (Å²) in [6.07, 6.45) is 4.89. The lowest BCUT2D eigenvalue weighted by molar-refractivity contribution is 0.0105. The molecule has 156 valence electrons. The summed E-state index contributed by atoms with van der Waals surface area (Å²) in [4.78, 5) is 9.30. The molecule has 1 saturated heterocycles. The van der Waals surface area contributed by atoms with Crippen molar-refractivity contribution in [2.45, 2.75) is 51.9 Å². The minimum absolute atomic E-state index is 0.0524. The van der Waals surface area contributed by atoms with Crippen LogP contribution in [0.15, 0.2) is 41.0 Å². The molecule has 2 aliphatic heterocycles. The Morgan fingerprint density at radius 3 is 2.69 bits per heavy atom. The van der Waals surface area contributed by atoms with Crippen LogP contribution in [0.3, 0.4) is 0 Å². The molecule has 1 fully saturated rings. The Morgan fingerprint density at radius 1 is 1.21 bits per heavy atom. The number of fused-ring (bicyclic) bond motifs is 1. The predicted molar refractivity (Wildman–Crippen MR) is 120 cm³/mol. The highest BCUT2D eigenvalue weighted by Crippen LogP contribution is 2.44. The van der Waals surface area contributed by atoms with Gasteiger partial charge in [0.25, 0.3) is 0 Å². The number of halogens is 1. The minimum atomic E-state index is -0.185. The number of hydrogen-bond donors (Lipinski definition) is 0. The number of anilines is 1. The molecule has 2 aliphatic rings. The Morgan fingerprint density at radius 2 is 2.00 bits per heavy atom. The van der Waals surface area contributed by atoms with Gasteiger partial charge in [-0.25, -0.2) is 4.98 Å². The maximum Gasteiger partial charge on any atom is 0.165 e. The zero-order valence-corrected chi connectivity index (χ0v) is 19.1. The predicted octanol–water partition coefficient (Wildman–Crippen LogP) is 4.88. The first-order valence-electron chi connectivity index (χ1n) is 10.5. The van der Waals surface area contributed by atoms with Gasteiger partial charge in [0.05, 0.1) is 0 Å². The van der Waals surface area contributed by atoms with E-state index in [0.717, 1.165) is 67.2 Å². The maximum atomic E-state index is 6.59. The standard InChI is InChI=1S/C23H30BrN3O2/c1-4-7-21(27-12-10-26(11-13-27)20-8-5-6-9-25-20)28-19-15-18(24)14-17-16-23(2,3)29-22(17)19/h5-6,8-9,14-15,21H,4,7,10-13,16H2,1-3H3. The van der Waals surface area contributed by atoms with Crippen LogP contribution in [-0.4, -0.2) is 47.9 Å². The van der Waals surface area contributed by atoms with Crippen LogP contribution in [0, 0.1) is 0 Å². The third-order valence-electron chi connectivity index (χ3n) is 5.58. The van der Waals surface area contributed by atoms with Crippen molar-refractivity contribution in [2.24, 2.45) is 0 Å². The van der Waals surface area contributed by atoms with Crippen molar-refractivity contribution in [3.63, 3.8) is 0 Å². The third kappa shape index (κ3) is 4.69. The van der Waals surface area contributed by atoms with Gasteiger partial charge in [-0.05, 0) is 44.5 Å². The lowest BCUT2D eigenvalue weighted by Crippen LogP contribution is -2.52. The Labute approximate surface area is 182 Å². The number of piperazine rings is 1. The van der Waals surface area contributed by atoms with Crippen LogP contribution in [0.2, 0.25) is 0 Å². The van der Waals surface area contributed by atoms with E-state index in [-0.39, 0.29) is 11.8 Å². The van der Waals surface area contributed by atoms with Crippen LogP contribution < -0.4 is 14.4 Å². The monoisotopic (exact) mass is 459 g/mol. The number of rotatable bonds is 6. The molecule has 1 atom stereocenters. The molecule has 0 N–H and O–H groups in total. The van der Waals surface area contributed by atoms with Gasteiger partial charge >= 0.3 is 0 Å². The van der Waals surface area contributed by atoms with Gasteiger partial charge in [0.1, 0.15) is 11.4 Å². The molecule has 0 radical (unpaired) electrons. The molecule has 0 spiro atoms. The smallest absolute Gasteiger partial charge is 0.165 e. The highest BCUT2D eigenvalue weighted by molar-refractivity contribution is 9.10. The molecule has 29 heavy (non-hydrogen) atoms. The largest absolute Gasteiger partial charge is 0.483 e. The number of nitrogens with zero attached hydrogens (tertiary/aromatic N) is 3. The van der Waals surface area contributed by atoms with E-state index in [1.165, 1.54) is 5.56 Å². The van der Waals surface area contributed by atoms with E-state index in [0.29, 0.717) is 0 Å². The van der Waals surface area contributed by atoms with E-state index >= 15 is 0 Å². The second kappa shape index (κ2) is 8.52. The molecular weight excluding hydrogens is 430 g/mol. The molecule has 6 heteroatoms. The average molecular weight is 460 g/mol. The lowest BCUT2D eigenvalue weighted by atomic mass is 10.0. The van der Waals surface area contributed by atoms with E-state index in [9.17, 15) is 0 Å². The normalized spacial score (nSPS) is 19.5. The van der Waals surface area contributed by atoms with Crippen molar-refractivity contribution in [1.29, 1.82) is 0 Å². The molecule has 4 rings (SSSR count). The molecule has 2 aromatic rings. The van der Waals surface area contributed by atoms with Crippen LogP contribution in [0.25, 0.3) is 0 Å². The van der Waals surface area contributed by atoms with Gasteiger partial charge in [-0.15, -0.1) is 0 Å². The summed E-state index contributed by atoms with van der Waals surface area (Å²) in [5.41, 5.74) is 1.03. The first kappa shape index (κ1) is 20.5. The van der Waals surface area contributed by atoms with E-state index in [2.05, 4.69) is 63.6 Å². The topological polar surface area (TPSA) is 37.8 Å². The van der Waals surface area contributed by atoms with E-state index in [4.69, 9.17) is 9.47 Å². The van der Waals surface area contributed by atoms with Gasteiger partial charge in [-0.1, -0.05) is 35.3 Å². The zero-order chi connectivity index (χ0) is 20.4. The number of aromatic nitrogens is 1. The Balaban J connectivity index is 1.47. The highest BCUT2D eigenvalue weighted by atomic mass is 79.9. The van der Waals surface area contributed by atoms with Crippen molar-refractivity contribution >= 4 is 21.7 Å². The van der Waals surface area contributed by atoms with Crippen LogP contribution >= 0.6 is 15.9 Å². The summed E-state index contributed by atoms with van der Waals surface area (Å²) in [6, 6.07) is 10.3. The van der Waals surface area contributed by atoms with Crippen molar-refractivity contribution in [1.82, 2.24) is 9.88 Å². The molecule has 3 heterocycles. The van der Waals surface area contributed by atoms with Crippen LogP contribution in [0.5, 0.6) is 11.5 Å². The van der Waals surface area contributed by atoms with E-state index < -0.39 is 0 Å². The molecule has 0 amide bonds. The molecule has 1 aromatic carbocycles. The molecule has 5 nitrogen and oxygen atoms in total. The summed E-state index contributed by atoms with van der Waals surface area (Å²) in [5.74, 6) is 2.82. The molecule has 0 aliphatic carbocycles. The Bertz CT molecular complexity index is 836. The zero-order valence-electron chi connectivity index (χ0n) is 17.5. The lowest BCUT2D eigenvalue weighted by Gasteiger charge is -2.39. The van der Waals surface area contributed by atoms with Crippen LogP contribution in [-0.2, 0) is 6.42 Å². The molecular formula is C23H30BrN3O2. The molecule has 0 saturated carbocycles. The first-order chi connectivity index (χ1) is 13.9. The maximum absolute atomic E-state index is 6.59. The minimum Gasteiger partial charge on any atom is -0.483 e. The summed E-state index contributed by atoms with van der Waals surface area (Å²) in [5, 5.41) is 0. The van der Waals surface area contributed by atoms with Crippen LogP contribution in [0.4, 0.5) is 5.82 Å². The van der Waals surface area contributed by atoms with Gasteiger partial charge in [-0.3, -0.25) is 4.90 Å². The van der Waals surface area contributed by atoms with Gasteiger partial charge in [0.2, 0.25) is 0 Å². The summed E-state index contributed by atoms with van der Waals surface area (Å²) < 4.78 is 13.9. The Hall–Kier alpha value is -1.79. The summed E-state index contributed by atoms with van der Waals surface area (Å²) >= 11 is 3.65. The molecule has 0 bridgehead atoms. The van der Waals surface area contributed by atoms with Crippen LogP contribution in [0.1, 0.15) is 39.2 Å². The third-order valence-corrected chi connectivity index (χ3v) is 6.04. The fraction of sp³-hybridized carbons (Fsp3) is 0.522. The SMILES string of the molecule is CCCC(Oc1cc(Br)cc2c1OC(C)(C)C2)N1CCN(c2ccccn2)CC1. The first-order valence-corrected chi connectivity index (χ1v) is 11.3. The van der Waals surface area contributed by atoms with Crippen molar-refractivity contribution in [3.05, 3.63) is 46.6 Å². The van der Waals surface area contributed by atoms with Crippen molar-refractivity contribution in [3.8, 4) is 11.5 Å². The number of pyridine rings is 1. The summed E-state index contributed by atoms with van der Waals surface area (Å²) in [6.45, 7) is 10.3. The van der Waals surface area contributed by atoms with Crippen molar-refractivity contribution in [2.75, 3.05) is 31.1 Å². The highest BCUT2D eigenvalue weighted by Gasteiger charge is 2.34. The quantitative estimate of drug-likeness (QED) is 0.614. The second-order valence-electron chi connectivity index (χ2n) is 8.50. The molecule has 1 unspecified atom stereocenters. The molecule has 1 aromatic heterocycles. The number of benzene rings is 1. The Kier molecular flexibility index (Phi) is 6.02. The number of ether oxygens (including phenoxy) is 2. The van der Waals surface area contributed by atoms with Gasteiger partial charge in [0, 0.05) is 48.8 Å². The van der Waals surface area contributed by atoms with Gasteiger partial charge in [-0.2, -0.15) is 0 Å².